The van der Waals surface area contributed by atoms with Gasteiger partial charge in [0.15, 0.2) is 0 Å². The molecule has 0 saturated heterocycles. The van der Waals surface area contributed by atoms with E-state index < -0.39 is 0 Å². The third-order valence-corrected chi connectivity index (χ3v) is 3.09. The lowest BCUT2D eigenvalue weighted by Gasteiger charge is -2.09. The second kappa shape index (κ2) is 5.58. The van der Waals surface area contributed by atoms with Crippen LogP contribution in [-0.2, 0) is 6.42 Å². The summed E-state index contributed by atoms with van der Waals surface area (Å²) in [5.74, 6) is 1.94. The Labute approximate surface area is 111 Å². The van der Waals surface area contributed by atoms with Crippen LogP contribution in [0.15, 0.2) is 18.2 Å². The van der Waals surface area contributed by atoms with Crippen LogP contribution in [0.5, 0.6) is 11.5 Å². The molecule has 1 aliphatic heterocycles. The molecule has 0 saturated carbocycles. The van der Waals surface area contributed by atoms with Crippen LogP contribution in [0.2, 0.25) is 0 Å². The first-order valence-corrected chi connectivity index (χ1v) is 7.05. The summed E-state index contributed by atoms with van der Waals surface area (Å²) in [5, 5.41) is 0.840. The molecule has 3 heteroatoms. The maximum atomic E-state index is 5.76. The van der Waals surface area contributed by atoms with Gasteiger partial charge in [0, 0.05) is 22.9 Å². The van der Waals surface area contributed by atoms with Crippen molar-refractivity contribution in [1.29, 1.82) is 0 Å². The number of benzene rings is 1. The molecule has 92 valence electrons. The van der Waals surface area contributed by atoms with Crippen molar-refractivity contribution in [2.24, 2.45) is 0 Å². The van der Waals surface area contributed by atoms with E-state index in [2.05, 4.69) is 47.1 Å². The summed E-state index contributed by atoms with van der Waals surface area (Å²) in [4.78, 5) is 0. The Hall–Kier alpha value is -0.960. The first-order valence-electron chi connectivity index (χ1n) is 5.93. The molecule has 0 radical (unpaired) electrons. The molecule has 1 aromatic carbocycles. The van der Waals surface area contributed by atoms with Crippen molar-refractivity contribution in [2.75, 3.05) is 11.9 Å². The van der Waals surface area contributed by atoms with Crippen molar-refractivity contribution in [3.8, 4) is 11.5 Å². The number of halogens is 1. The highest BCUT2D eigenvalue weighted by atomic mass is 79.9. The normalized spacial score (nSPS) is 18.2. The number of hydrogen-bond donors (Lipinski definition) is 0. The van der Waals surface area contributed by atoms with Gasteiger partial charge in [0.25, 0.3) is 0 Å². The van der Waals surface area contributed by atoms with Crippen LogP contribution in [0.4, 0.5) is 0 Å². The maximum absolute atomic E-state index is 5.76. The van der Waals surface area contributed by atoms with Crippen LogP contribution in [-0.4, -0.2) is 18.0 Å². The Bertz CT molecular complexity index is 426. The quantitative estimate of drug-likeness (QED) is 0.787. The van der Waals surface area contributed by atoms with Crippen LogP contribution in [0, 0.1) is 0 Å². The number of ether oxygens (including phenoxy) is 2. The molecular weight excluding hydrogens is 280 g/mol. The monoisotopic (exact) mass is 296 g/mol. The van der Waals surface area contributed by atoms with Crippen molar-refractivity contribution in [3.05, 3.63) is 29.3 Å². The summed E-state index contributed by atoms with van der Waals surface area (Å²) in [6, 6.07) is 4.18. The number of allylic oxidation sites excluding steroid dienone is 1. The summed E-state index contributed by atoms with van der Waals surface area (Å²) >= 11 is 3.38. The van der Waals surface area contributed by atoms with E-state index >= 15 is 0 Å². The van der Waals surface area contributed by atoms with Gasteiger partial charge in [-0.2, -0.15) is 0 Å². The summed E-state index contributed by atoms with van der Waals surface area (Å²) in [5.41, 5.74) is 2.33. The minimum atomic E-state index is 0.273. The van der Waals surface area contributed by atoms with Crippen LogP contribution >= 0.6 is 15.9 Å². The molecule has 17 heavy (non-hydrogen) atoms. The van der Waals surface area contributed by atoms with Crippen molar-refractivity contribution < 1.29 is 9.47 Å². The lowest BCUT2D eigenvalue weighted by Crippen LogP contribution is -2.05. The second-order valence-corrected chi connectivity index (χ2v) is 4.77. The Morgan fingerprint density at radius 2 is 2.35 bits per heavy atom. The lowest BCUT2D eigenvalue weighted by molar-refractivity contribution is 0.254. The minimum Gasteiger partial charge on any atom is -0.493 e. The highest BCUT2D eigenvalue weighted by Crippen LogP contribution is 2.35. The number of alkyl halides is 1. The van der Waals surface area contributed by atoms with E-state index in [-0.39, 0.29) is 6.10 Å². The lowest BCUT2D eigenvalue weighted by atomic mass is 10.1. The molecule has 0 bridgehead atoms. The van der Waals surface area contributed by atoms with Gasteiger partial charge in [-0.25, -0.2) is 0 Å². The molecule has 0 amide bonds. The zero-order chi connectivity index (χ0) is 12.3. The Morgan fingerprint density at radius 1 is 1.53 bits per heavy atom. The number of rotatable bonds is 4. The van der Waals surface area contributed by atoms with Gasteiger partial charge in [-0.1, -0.05) is 28.1 Å². The molecule has 0 spiro atoms. The van der Waals surface area contributed by atoms with Gasteiger partial charge in [0.2, 0.25) is 0 Å². The van der Waals surface area contributed by atoms with Gasteiger partial charge in [-0.05, 0) is 26.0 Å². The van der Waals surface area contributed by atoms with Crippen molar-refractivity contribution in [1.82, 2.24) is 0 Å². The van der Waals surface area contributed by atoms with Gasteiger partial charge in [-0.3, -0.25) is 0 Å². The summed E-state index contributed by atoms with van der Waals surface area (Å²) < 4.78 is 11.4. The van der Waals surface area contributed by atoms with E-state index in [0.29, 0.717) is 6.61 Å². The Morgan fingerprint density at radius 3 is 3.06 bits per heavy atom. The Balaban J connectivity index is 2.36. The summed E-state index contributed by atoms with van der Waals surface area (Å²) in [6.45, 7) is 4.78. The van der Waals surface area contributed by atoms with Gasteiger partial charge >= 0.3 is 0 Å². The van der Waals surface area contributed by atoms with E-state index in [0.717, 1.165) is 28.8 Å². The molecule has 1 atom stereocenters. The van der Waals surface area contributed by atoms with E-state index in [1.807, 2.05) is 6.92 Å². The van der Waals surface area contributed by atoms with E-state index in [1.165, 1.54) is 5.56 Å². The maximum Gasteiger partial charge on any atom is 0.127 e. The summed E-state index contributed by atoms with van der Waals surface area (Å²) in [6.07, 6.45) is 5.36. The standard InChI is InChI=1S/C14H17BrO2/c1-3-16-13-9-12-7-10(2)17-14(12)8-11(13)5-4-6-15/h4-5,8-10H,3,6-7H2,1-2H3. The third kappa shape index (κ3) is 2.83. The molecule has 2 nitrogen and oxygen atoms in total. The summed E-state index contributed by atoms with van der Waals surface area (Å²) in [7, 11) is 0. The molecule has 0 aliphatic carbocycles. The second-order valence-electron chi connectivity index (χ2n) is 4.12. The zero-order valence-electron chi connectivity index (χ0n) is 10.2. The van der Waals surface area contributed by atoms with Gasteiger partial charge in [0.1, 0.15) is 17.6 Å². The van der Waals surface area contributed by atoms with Crippen LogP contribution in [0.25, 0.3) is 6.08 Å². The largest absolute Gasteiger partial charge is 0.493 e. The topological polar surface area (TPSA) is 18.5 Å². The SMILES string of the molecule is CCOc1cc2c(cc1C=CCBr)OC(C)C2. The van der Waals surface area contributed by atoms with Crippen LogP contribution in [0.3, 0.4) is 0 Å². The highest BCUT2D eigenvalue weighted by molar-refractivity contribution is 9.09. The predicted molar refractivity (Wildman–Crippen MR) is 74.2 cm³/mol. The van der Waals surface area contributed by atoms with E-state index in [4.69, 9.17) is 9.47 Å². The molecule has 1 aliphatic rings. The van der Waals surface area contributed by atoms with Crippen molar-refractivity contribution in [3.63, 3.8) is 0 Å². The average Bonchev–Trinajstić information content (AvgIpc) is 2.65. The van der Waals surface area contributed by atoms with Gasteiger partial charge < -0.3 is 9.47 Å². The fourth-order valence-corrected chi connectivity index (χ4v) is 2.22. The van der Waals surface area contributed by atoms with Gasteiger partial charge in [-0.15, -0.1) is 0 Å². The molecule has 1 aromatic rings. The smallest absolute Gasteiger partial charge is 0.127 e. The molecule has 1 heterocycles. The number of fused-ring (bicyclic) bond motifs is 1. The van der Waals surface area contributed by atoms with Crippen molar-refractivity contribution in [2.45, 2.75) is 26.4 Å². The number of hydrogen-bond acceptors (Lipinski definition) is 2. The molecule has 0 aromatic heterocycles. The molecule has 1 unspecified atom stereocenters. The Kier molecular flexibility index (Phi) is 4.11. The zero-order valence-corrected chi connectivity index (χ0v) is 11.8. The fraction of sp³-hybridized carbons (Fsp3) is 0.429. The molecule has 0 N–H and O–H groups in total. The van der Waals surface area contributed by atoms with Crippen LogP contribution < -0.4 is 9.47 Å². The molecule has 0 fully saturated rings. The molecular formula is C14H17BrO2. The van der Waals surface area contributed by atoms with E-state index in [1.54, 1.807) is 0 Å². The predicted octanol–water partition coefficient (Wildman–Crippen LogP) is 3.82. The minimum absolute atomic E-state index is 0.273. The first kappa shape index (κ1) is 12.5. The highest BCUT2D eigenvalue weighted by Gasteiger charge is 2.21. The van der Waals surface area contributed by atoms with Crippen molar-refractivity contribution >= 4 is 22.0 Å². The van der Waals surface area contributed by atoms with Gasteiger partial charge in [0.05, 0.1) is 6.61 Å². The van der Waals surface area contributed by atoms with Crippen LogP contribution in [0.1, 0.15) is 25.0 Å². The molecule has 2 rings (SSSR count). The van der Waals surface area contributed by atoms with E-state index in [9.17, 15) is 0 Å². The first-order chi connectivity index (χ1) is 8.24. The third-order valence-electron chi connectivity index (χ3n) is 2.71. The fourth-order valence-electron chi connectivity index (χ4n) is 2.04. The average molecular weight is 297 g/mol.